The fraction of sp³-hybridized carbons (Fsp3) is 0.524. The third-order valence-corrected chi connectivity index (χ3v) is 7.41. The number of hydrogen-bond donors (Lipinski definition) is 2. The number of piperidine rings is 3. The number of hydrogen-bond acceptors (Lipinski definition) is 6. The molecule has 1 saturated carbocycles. The van der Waals surface area contributed by atoms with Crippen LogP contribution in [0.5, 0.6) is 0 Å². The second-order valence-corrected chi connectivity index (χ2v) is 8.15. The molecule has 0 amide bonds. The summed E-state index contributed by atoms with van der Waals surface area (Å²) >= 11 is 0. The minimum atomic E-state index is -1.24. The average molecular weight is 368 g/mol. The highest BCUT2D eigenvalue weighted by molar-refractivity contribution is 6.14. The highest BCUT2D eigenvalue weighted by atomic mass is 16.5. The molecule has 0 aromatic heterocycles. The lowest BCUT2D eigenvalue weighted by molar-refractivity contribution is -0.171. The van der Waals surface area contributed by atoms with Crippen LogP contribution in [0.1, 0.15) is 25.3 Å². The zero-order valence-corrected chi connectivity index (χ0v) is 15.6. The predicted molar refractivity (Wildman–Crippen MR) is 99.0 cm³/mol. The smallest absolute Gasteiger partial charge is 0.321 e. The summed E-state index contributed by atoms with van der Waals surface area (Å²) in [5.41, 5.74) is 0.336. The van der Waals surface area contributed by atoms with Crippen LogP contribution >= 0.6 is 0 Å². The molecule has 1 aromatic rings. The SMILES string of the molecule is C/C=C1/CN2CCC1[C@]1(C(=O)OC)C(=O)[C@]3(C[C@H]21)c1ccccc1N[C@H]3O. The van der Waals surface area contributed by atoms with Crippen LogP contribution in [-0.2, 0) is 19.7 Å². The lowest BCUT2D eigenvalue weighted by atomic mass is 9.59. The van der Waals surface area contributed by atoms with Crippen molar-refractivity contribution in [2.45, 2.75) is 37.5 Å². The van der Waals surface area contributed by atoms with Crippen molar-refractivity contribution >= 4 is 17.4 Å². The lowest BCUT2D eigenvalue weighted by Gasteiger charge is -2.54. The molecule has 2 bridgehead atoms. The Balaban J connectivity index is 1.76. The summed E-state index contributed by atoms with van der Waals surface area (Å²) in [5, 5.41) is 14.1. The van der Waals surface area contributed by atoms with Gasteiger partial charge in [-0.15, -0.1) is 0 Å². The Hall–Kier alpha value is -2.18. The van der Waals surface area contributed by atoms with Crippen LogP contribution in [0.3, 0.4) is 0 Å². The third kappa shape index (κ3) is 1.74. The van der Waals surface area contributed by atoms with E-state index in [1.807, 2.05) is 37.3 Å². The first kappa shape index (κ1) is 17.0. The Morgan fingerprint density at radius 1 is 1.41 bits per heavy atom. The van der Waals surface area contributed by atoms with Gasteiger partial charge in [-0.05, 0) is 37.9 Å². The maximum atomic E-state index is 14.2. The van der Waals surface area contributed by atoms with E-state index >= 15 is 0 Å². The number of Topliss-reactive ketones (excluding diaryl/α,β-unsaturated/α-hetero) is 1. The van der Waals surface area contributed by atoms with Crippen molar-refractivity contribution in [2.24, 2.45) is 11.3 Å². The van der Waals surface area contributed by atoms with E-state index in [0.29, 0.717) is 6.42 Å². The summed E-state index contributed by atoms with van der Waals surface area (Å²) in [6, 6.07) is 7.28. The number of carbonyl (C=O) groups excluding carboxylic acids is 2. The zero-order chi connectivity index (χ0) is 19.0. The number of para-hydroxylation sites is 1. The molecular formula is C21H24N2O4. The van der Waals surface area contributed by atoms with Gasteiger partial charge >= 0.3 is 5.97 Å². The van der Waals surface area contributed by atoms with Gasteiger partial charge in [0.15, 0.2) is 5.78 Å². The van der Waals surface area contributed by atoms with Crippen LogP contribution in [-0.4, -0.2) is 54.2 Å². The number of carbonyl (C=O) groups is 2. The number of anilines is 1. The fourth-order valence-electron chi connectivity index (χ4n) is 6.29. The minimum Gasteiger partial charge on any atom is -0.468 e. The zero-order valence-electron chi connectivity index (χ0n) is 15.6. The summed E-state index contributed by atoms with van der Waals surface area (Å²) < 4.78 is 5.22. The van der Waals surface area contributed by atoms with E-state index in [1.54, 1.807) is 0 Å². The predicted octanol–water partition coefficient (Wildman–Crippen LogP) is 1.45. The molecule has 0 radical (unpaired) electrons. The van der Waals surface area contributed by atoms with Crippen molar-refractivity contribution in [1.82, 2.24) is 4.90 Å². The Bertz CT molecular complexity index is 881. The van der Waals surface area contributed by atoms with Crippen LogP contribution in [0, 0.1) is 11.3 Å². The fourth-order valence-corrected chi connectivity index (χ4v) is 6.29. The van der Waals surface area contributed by atoms with Crippen molar-refractivity contribution in [2.75, 3.05) is 25.5 Å². The van der Waals surface area contributed by atoms with Crippen molar-refractivity contribution < 1.29 is 19.4 Å². The van der Waals surface area contributed by atoms with Crippen molar-refractivity contribution in [1.29, 1.82) is 0 Å². The summed E-state index contributed by atoms with van der Waals surface area (Å²) in [7, 11) is 1.36. The molecule has 6 heteroatoms. The van der Waals surface area contributed by atoms with Crippen LogP contribution in [0.15, 0.2) is 35.9 Å². The number of ketones is 1. The van der Waals surface area contributed by atoms with Crippen LogP contribution in [0.25, 0.3) is 0 Å². The summed E-state index contributed by atoms with van der Waals surface area (Å²) in [4.78, 5) is 29.6. The summed E-state index contributed by atoms with van der Waals surface area (Å²) in [5.74, 6) is -0.804. The molecule has 5 aliphatic rings. The first-order valence-electron chi connectivity index (χ1n) is 9.58. The molecule has 1 aliphatic carbocycles. The van der Waals surface area contributed by atoms with Gasteiger partial charge in [-0.3, -0.25) is 14.5 Å². The maximum absolute atomic E-state index is 14.2. The Morgan fingerprint density at radius 3 is 2.93 bits per heavy atom. The number of rotatable bonds is 1. The number of methoxy groups -OCH3 is 1. The molecule has 27 heavy (non-hydrogen) atoms. The number of nitrogens with zero attached hydrogens (tertiary/aromatic N) is 1. The second kappa shape index (κ2) is 5.42. The number of allylic oxidation sites excluding steroid dienone is 1. The largest absolute Gasteiger partial charge is 0.468 e. The average Bonchev–Trinajstić information content (AvgIpc) is 3.16. The highest BCUT2D eigenvalue weighted by Crippen LogP contribution is 2.63. The molecule has 4 fully saturated rings. The van der Waals surface area contributed by atoms with Gasteiger partial charge in [0, 0.05) is 24.2 Å². The van der Waals surface area contributed by atoms with E-state index in [2.05, 4.69) is 10.2 Å². The van der Waals surface area contributed by atoms with E-state index in [0.717, 1.165) is 36.3 Å². The van der Waals surface area contributed by atoms with E-state index in [9.17, 15) is 14.7 Å². The molecule has 3 saturated heterocycles. The second-order valence-electron chi connectivity index (χ2n) is 8.15. The summed E-state index contributed by atoms with van der Waals surface area (Å²) in [6.45, 7) is 3.60. The number of nitrogens with one attached hydrogen (secondary N) is 1. The van der Waals surface area contributed by atoms with Gasteiger partial charge in [-0.25, -0.2) is 0 Å². The third-order valence-electron chi connectivity index (χ3n) is 7.41. The number of ether oxygens (including phenoxy) is 1. The molecular weight excluding hydrogens is 344 g/mol. The van der Waals surface area contributed by atoms with Gasteiger partial charge in [-0.1, -0.05) is 29.8 Å². The number of aliphatic hydroxyl groups is 1. The normalized spacial score (nSPS) is 42.9. The Morgan fingerprint density at radius 2 is 2.19 bits per heavy atom. The summed E-state index contributed by atoms with van der Waals surface area (Å²) in [6.07, 6.45) is 2.19. The van der Waals surface area contributed by atoms with E-state index < -0.39 is 23.0 Å². The van der Waals surface area contributed by atoms with E-state index in [1.165, 1.54) is 7.11 Å². The molecule has 1 spiro atoms. The van der Waals surface area contributed by atoms with Gasteiger partial charge < -0.3 is 15.2 Å². The van der Waals surface area contributed by atoms with Gasteiger partial charge in [-0.2, -0.15) is 0 Å². The van der Waals surface area contributed by atoms with Crippen molar-refractivity contribution in [3.8, 4) is 0 Å². The molecule has 6 rings (SSSR count). The monoisotopic (exact) mass is 368 g/mol. The maximum Gasteiger partial charge on any atom is 0.321 e. The molecule has 6 nitrogen and oxygen atoms in total. The lowest BCUT2D eigenvalue weighted by Crippen LogP contribution is -2.66. The van der Waals surface area contributed by atoms with Crippen LogP contribution in [0.2, 0.25) is 0 Å². The van der Waals surface area contributed by atoms with Gasteiger partial charge in [0.2, 0.25) is 0 Å². The highest BCUT2D eigenvalue weighted by Gasteiger charge is 2.76. The molecule has 6 atom stereocenters. The van der Waals surface area contributed by atoms with Crippen molar-refractivity contribution in [3.63, 3.8) is 0 Å². The quantitative estimate of drug-likeness (QED) is 0.444. The Labute approximate surface area is 158 Å². The van der Waals surface area contributed by atoms with Crippen LogP contribution in [0.4, 0.5) is 5.69 Å². The number of fused-ring (bicyclic) bond motifs is 4. The number of esters is 1. The van der Waals surface area contributed by atoms with E-state index in [4.69, 9.17) is 4.74 Å². The number of benzene rings is 1. The molecule has 2 N–H and O–H groups in total. The minimum absolute atomic E-state index is 0.156. The first-order valence-corrected chi connectivity index (χ1v) is 9.58. The number of aliphatic hydroxyl groups excluding tert-OH is 1. The van der Waals surface area contributed by atoms with Crippen molar-refractivity contribution in [3.05, 3.63) is 41.5 Å². The first-order chi connectivity index (χ1) is 13.0. The Kier molecular flexibility index (Phi) is 3.41. The molecule has 4 heterocycles. The standard InChI is InChI=1S/C21H24N2O4/c1-3-12-11-23-9-8-13(12)21(19(26)27-2)16(23)10-20(17(21)24)14-6-4-5-7-15(14)22-18(20)25/h3-7,13,16,18,22,25H,8-11H2,1-2H3/b12-3-/t13?,16-,18-,20-,21+/m0/s1. The molecule has 142 valence electrons. The van der Waals surface area contributed by atoms with E-state index in [-0.39, 0.29) is 17.7 Å². The topological polar surface area (TPSA) is 78.9 Å². The van der Waals surface area contributed by atoms with Gasteiger partial charge in [0.05, 0.1) is 7.11 Å². The van der Waals surface area contributed by atoms with Gasteiger partial charge in [0.25, 0.3) is 0 Å². The molecule has 4 aliphatic heterocycles. The molecule has 2 unspecified atom stereocenters. The molecule has 1 aromatic carbocycles. The van der Waals surface area contributed by atoms with Gasteiger partial charge in [0.1, 0.15) is 17.1 Å². The van der Waals surface area contributed by atoms with Crippen LogP contribution < -0.4 is 5.32 Å².